The second-order valence-electron chi connectivity index (χ2n) is 14.8. The first-order chi connectivity index (χ1) is 24.3. The van der Waals surface area contributed by atoms with Crippen molar-refractivity contribution in [1.29, 1.82) is 0 Å². The van der Waals surface area contributed by atoms with Gasteiger partial charge in [-0.2, -0.15) is 0 Å². The largest absolute Gasteiger partial charge is 0.466 e. The minimum Gasteiger partial charge on any atom is -0.466 e. The van der Waals surface area contributed by atoms with Crippen LogP contribution in [0.1, 0.15) is 194 Å². The van der Waals surface area contributed by atoms with E-state index < -0.39 is 0 Å². The van der Waals surface area contributed by atoms with Crippen LogP contribution in [0.15, 0.2) is 0 Å². The second-order valence-corrected chi connectivity index (χ2v) is 15.2. The summed E-state index contributed by atoms with van der Waals surface area (Å²) in [6, 6.07) is 0. The summed E-state index contributed by atoms with van der Waals surface area (Å²) in [7, 11) is 3.96. The van der Waals surface area contributed by atoms with Crippen LogP contribution in [0.25, 0.3) is 0 Å². The molecule has 8 heteroatoms. The summed E-state index contributed by atoms with van der Waals surface area (Å²) in [4.78, 5) is 29.4. The van der Waals surface area contributed by atoms with Gasteiger partial charge in [-0.15, -0.1) is 0 Å². The Morgan fingerprint density at radius 1 is 0.560 bits per heavy atom. The lowest BCUT2D eigenvalue weighted by molar-refractivity contribution is -0.149. The molecule has 0 rings (SSSR count). The molecular formula is C42H83N3O4S. The Balaban J connectivity index is 4.25. The molecule has 0 heterocycles. The van der Waals surface area contributed by atoms with Gasteiger partial charge in [-0.3, -0.25) is 9.59 Å². The molecule has 0 aromatic heterocycles. The minimum absolute atomic E-state index is 0.0206. The molecule has 0 spiro atoms. The third-order valence-electron chi connectivity index (χ3n) is 9.71. The van der Waals surface area contributed by atoms with E-state index in [0.717, 1.165) is 95.5 Å². The molecule has 0 aromatic rings. The quantitative estimate of drug-likeness (QED) is 0.0386. The summed E-state index contributed by atoms with van der Waals surface area (Å²) in [6.07, 6.45) is 30.7. The number of unbranched alkanes of at least 4 members (excludes halogenated alkanes) is 18. The van der Waals surface area contributed by atoms with Crippen LogP contribution < -0.4 is 5.32 Å². The van der Waals surface area contributed by atoms with Gasteiger partial charge in [0.15, 0.2) is 5.11 Å². The van der Waals surface area contributed by atoms with Crippen LogP contribution in [0.2, 0.25) is 0 Å². The fourth-order valence-corrected chi connectivity index (χ4v) is 6.47. The van der Waals surface area contributed by atoms with E-state index in [9.17, 15) is 9.59 Å². The summed E-state index contributed by atoms with van der Waals surface area (Å²) >= 11 is 5.38. The van der Waals surface area contributed by atoms with Crippen LogP contribution in [0.4, 0.5) is 0 Å². The monoisotopic (exact) mass is 726 g/mol. The second kappa shape index (κ2) is 37.4. The third kappa shape index (κ3) is 32.5. The van der Waals surface area contributed by atoms with Crippen LogP contribution in [0.5, 0.6) is 0 Å². The van der Waals surface area contributed by atoms with Gasteiger partial charge in [0.25, 0.3) is 0 Å². The lowest BCUT2D eigenvalue weighted by atomic mass is 9.95. The number of esters is 2. The molecule has 1 N–H and O–H groups in total. The topological polar surface area (TPSA) is 71.1 Å². The van der Waals surface area contributed by atoms with E-state index in [2.05, 4.69) is 31.0 Å². The summed E-state index contributed by atoms with van der Waals surface area (Å²) in [5.41, 5.74) is 0. The maximum absolute atomic E-state index is 12.8. The van der Waals surface area contributed by atoms with Crippen molar-refractivity contribution in [3.63, 3.8) is 0 Å². The molecule has 0 saturated carbocycles. The lowest BCUT2D eigenvalue weighted by Gasteiger charge is -2.23. The maximum Gasteiger partial charge on any atom is 0.308 e. The molecule has 0 saturated heterocycles. The molecule has 0 aromatic carbocycles. The zero-order valence-corrected chi connectivity index (χ0v) is 34.7. The first-order valence-corrected chi connectivity index (χ1v) is 21.8. The zero-order chi connectivity index (χ0) is 36.9. The van der Waals surface area contributed by atoms with Gasteiger partial charge in [-0.1, -0.05) is 136 Å². The van der Waals surface area contributed by atoms with E-state index in [4.69, 9.17) is 21.7 Å². The minimum atomic E-state index is -0.0206. The third-order valence-corrected chi connectivity index (χ3v) is 10.2. The highest BCUT2D eigenvalue weighted by Gasteiger charge is 2.19. The highest BCUT2D eigenvalue weighted by Crippen LogP contribution is 2.20. The van der Waals surface area contributed by atoms with Crippen LogP contribution in [-0.4, -0.2) is 80.3 Å². The van der Waals surface area contributed by atoms with Crippen molar-refractivity contribution in [3.05, 3.63) is 0 Å². The summed E-state index contributed by atoms with van der Waals surface area (Å²) in [5, 5.41) is 4.16. The number of hydrogen-bond donors (Lipinski definition) is 1. The maximum atomic E-state index is 12.8. The van der Waals surface area contributed by atoms with Crippen molar-refractivity contribution in [3.8, 4) is 0 Å². The van der Waals surface area contributed by atoms with Crippen molar-refractivity contribution in [1.82, 2.24) is 15.1 Å². The van der Waals surface area contributed by atoms with Gasteiger partial charge in [0, 0.05) is 27.1 Å². The molecule has 1 unspecified atom stereocenters. The number of nitrogens with zero attached hydrogens (tertiary/aromatic N) is 2. The summed E-state index contributed by atoms with van der Waals surface area (Å²) in [6.45, 7) is 12.1. The Kier molecular flexibility index (Phi) is 36.3. The number of rotatable bonds is 37. The van der Waals surface area contributed by atoms with Gasteiger partial charge in [0.05, 0.1) is 19.1 Å². The SMILES string of the molecule is CCCCCCCCOC(=O)CCCCCCCN(CCCCCCCOC(=O)C(CCCCC)CCCCCC)CCCNC(=S)N(C)C. The molecule has 0 amide bonds. The lowest BCUT2D eigenvalue weighted by Crippen LogP contribution is -2.36. The van der Waals surface area contributed by atoms with Crippen LogP contribution in [0.3, 0.4) is 0 Å². The number of nitrogens with one attached hydrogen (secondary N) is 1. The molecular weight excluding hydrogens is 643 g/mol. The standard InChI is InChI=1S/C42H83N3O4S/c1-6-9-12-14-20-27-37-48-40(46)32-24-17-15-18-25-34-45(36-29-33-43-42(50)44(4)5)35-26-19-16-21-28-38-49-41(47)39(30-22-11-8-3)31-23-13-10-7-2/h39H,6-38H2,1-5H3,(H,43,50). The zero-order valence-electron chi connectivity index (χ0n) is 33.8. The van der Waals surface area contributed by atoms with Crippen LogP contribution >= 0.6 is 12.2 Å². The first kappa shape index (κ1) is 48.6. The Morgan fingerprint density at radius 2 is 1.00 bits per heavy atom. The van der Waals surface area contributed by atoms with Gasteiger partial charge < -0.3 is 24.6 Å². The highest BCUT2D eigenvalue weighted by atomic mass is 32.1. The van der Waals surface area contributed by atoms with Gasteiger partial charge in [0.2, 0.25) is 0 Å². The molecule has 0 aliphatic carbocycles. The Hall–Kier alpha value is -1.41. The van der Waals surface area contributed by atoms with Gasteiger partial charge in [-0.25, -0.2) is 0 Å². The molecule has 0 aliphatic heterocycles. The number of carbonyl (C=O) groups excluding carboxylic acids is 2. The Bertz CT molecular complexity index is 782. The molecule has 0 bridgehead atoms. The molecule has 296 valence electrons. The Labute approximate surface area is 316 Å². The van der Waals surface area contributed by atoms with Crippen molar-refractivity contribution in [2.24, 2.45) is 5.92 Å². The fourth-order valence-electron chi connectivity index (χ4n) is 6.36. The average molecular weight is 726 g/mol. The molecule has 0 fully saturated rings. The number of carbonyl (C=O) groups is 2. The molecule has 0 aliphatic rings. The molecule has 50 heavy (non-hydrogen) atoms. The number of ether oxygens (including phenoxy) is 2. The Morgan fingerprint density at radius 3 is 1.58 bits per heavy atom. The van der Waals surface area contributed by atoms with Crippen LogP contribution in [0, 0.1) is 5.92 Å². The summed E-state index contributed by atoms with van der Waals surface area (Å²) < 4.78 is 11.2. The average Bonchev–Trinajstić information content (AvgIpc) is 3.10. The van der Waals surface area contributed by atoms with E-state index in [1.165, 1.54) is 103 Å². The van der Waals surface area contributed by atoms with Crippen molar-refractivity contribution < 1.29 is 19.1 Å². The summed E-state index contributed by atoms with van der Waals surface area (Å²) in [5.74, 6) is 0.129. The van der Waals surface area contributed by atoms with E-state index >= 15 is 0 Å². The van der Waals surface area contributed by atoms with E-state index in [0.29, 0.717) is 19.6 Å². The molecule has 7 nitrogen and oxygen atoms in total. The van der Waals surface area contributed by atoms with Crippen LogP contribution in [-0.2, 0) is 19.1 Å². The van der Waals surface area contributed by atoms with Gasteiger partial charge in [-0.05, 0) is 83.2 Å². The normalized spacial score (nSPS) is 11.9. The number of hydrogen-bond acceptors (Lipinski definition) is 6. The van der Waals surface area contributed by atoms with Crippen molar-refractivity contribution >= 4 is 29.3 Å². The van der Waals surface area contributed by atoms with Gasteiger partial charge >= 0.3 is 11.9 Å². The molecule has 0 radical (unpaired) electrons. The van der Waals surface area contributed by atoms with E-state index in [-0.39, 0.29) is 17.9 Å². The fraction of sp³-hybridized carbons (Fsp3) is 0.929. The first-order valence-electron chi connectivity index (χ1n) is 21.3. The highest BCUT2D eigenvalue weighted by molar-refractivity contribution is 7.80. The molecule has 1 atom stereocenters. The predicted molar refractivity (Wildman–Crippen MR) is 218 cm³/mol. The van der Waals surface area contributed by atoms with E-state index in [1.807, 2.05) is 19.0 Å². The van der Waals surface area contributed by atoms with E-state index in [1.54, 1.807) is 0 Å². The smallest absolute Gasteiger partial charge is 0.308 e. The van der Waals surface area contributed by atoms with Crippen molar-refractivity contribution in [2.75, 3.05) is 53.5 Å². The predicted octanol–water partition coefficient (Wildman–Crippen LogP) is 11.0. The van der Waals surface area contributed by atoms with Gasteiger partial charge in [0.1, 0.15) is 0 Å². The van der Waals surface area contributed by atoms with Crippen molar-refractivity contribution in [2.45, 2.75) is 194 Å². The number of thiocarbonyl (C=S) groups is 1.